The second-order valence-corrected chi connectivity index (χ2v) is 5.39. The summed E-state index contributed by atoms with van der Waals surface area (Å²) in [6.45, 7) is 0. The fraction of sp³-hybridized carbons (Fsp3) is 0. The normalized spacial score (nSPS) is 10.2. The SMILES string of the molecule is O=C(Nc1nc(Cl)ccc1[N+](=O)[O-])c1ccc(F)cc1I. The molecule has 1 aromatic heterocycles. The van der Waals surface area contributed by atoms with Crippen molar-refractivity contribution in [2.45, 2.75) is 0 Å². The number of nitrogens with one attached hydrogen (secondary N) is 1. The van der Waals surface area contributed by atoms with Crippen LogP contribution >= 0.6 is 34.2 Å². The Labute approximate surface area is 136 Å². The zero-order valence-corrected chi connectivity index (χ0v) is 13.1. The lowest BCUT2D eigenvalue weighted by Gasteiger charge is -2.07. The topological polar surface area (TPSA) is 85.1 Å². The average Bonchev–Trinajstić information content (AvgIpc) is 2.37. The molecule has 0 spiro atoms. The molecule has 0 unspecified atom stereocenters. The fourth-order valence-electron chi connectivity index (χ4n) is 1.52. The van der Waals surface area contributed by atoms with E-state index in [4.69, 9.17) is 11.6 Å². The highest BCUT2D eigenvalue weighted by Gasteiger charge is 2.20. The van der Waals surface area contributed by atoms with Crippen LogP contribution in [0.1, 0.15) is 10.4 Å². The van der Waals surface area contributed by atoms with Gasteiger partial charge in [-0.15, -0.1) is 0 Å². The molecule has 2 rings (SSSR count). The molecule has 0 saturated heterocycles. The number of aromatic nitrogens is 1. The number of hydrogen-bond acceptors (Lipinski definition) is 4. The third-order valence-corrected chi connectivity index (χ3v) is 3.55. The van der Waals surface area contributed by atoms with Crippen LogP contribution in [0, 0.1) is 19.5 Å². The zero-order chi connectivity index (χ0) is 15.6. The van der Waals surface area contributed by atoms with Crippen LogP contribution < -0.4 is 5.32 Å². The van der Waals surface area contributed by atoms with E-state index in [1.54, 1.807) is 22.6 Å². The number of nitro groups is 1. The molecule has 108 valence electrons. The quantitative estimate of drug-likeness (QED) is 0.355. The van der Waals surface area contributed by atoms with Gasteiger partial charge in [-0.3, -0.25) is 14.9 Å². The van der Waals surface area contributed by atoms with Gasteiger partial charge in [0.2, 0.25) is 5.82 Å². The van der Waals surface area contributed by atoms with Gasteiger partial charge < -0.3 is 5.32 Å². The Morgan fingerprint density at radius 2 is 2.10 bits per heavy atom. The number of benzene rings is 1. The van der Waals surface area contributed by atoms with E-state index >= 15 is 0 Å². The van der Waals surface area contributed by atoms with E-state index in [9.17, 15) is 19.3 Å². The Balaban J connectivity index is 2.35. The van der Waals surface area contributed by atoms with Crippen molar-refractivity contribution in [3.8, 4) is 0 Å². The molecule has 1 heterocycles. The molecule has 0 aliphatic rings. The van der Waals surface area contributed by atoms with Crippen LogP contribution in [0.5, 0.6) is 0 Å². The fourth-order valence-corrected chi connectivity index (χ4v) is 2.39. The number of pyridine rings is 1. The van der Waals surface area contributed by atoms with Crippen molar-refractivity contribution in [3.63, 3.8) is 0 Å². The van der Waals surface area contributed by atoms with Crippen LogP contribution in [0.3, 0.4) is 0 Å². The number of carbonyl (C=O) groups excluding carboxylic acids is 1. The summed E-state index contributed by atoms with van der Waals surface area (Å²) in [5.74, 6) is -1.39. The lowest BCUT2D eigenvalue weighted by Crippen LogP contribution is -2.15. The molecule has 1 aromatic carbocycles. The van der Waals surface area contributed by atoms with E-state index in [0.29, 0.717) is 3.57 Å². The second-order valence-electron chi connectivity index (χ2n) is 3.84. The van der Waals surface area contributed by atoms with E-state index in [1.807, 2.05) is 0 Å². The Morgan fingerprint density at radius 3 is 2.71 bits per heavy atom. The number of carbonyl (C=O) groups is 1. The predicted molar refractivity (Wildman–Crippen MR) is 83.0 cm³/mol. The number of hydrogen-bond donors (Lipinski definition) is 1. The average molecular weight is 422 g/mol. The first-order valence-corrected chi connectivity index (χ1v) is 6.91. The Bertz CT molecular complexity index is 742. The number of nitrogens with zero attached hydrogens (tertiary/aromatic N) is 2. The van der Waals surface area contributed by atoms with Gasteiger partial charge in [0, 0.05) is 9.64 Å². The summed E-state index contributed by atoms with van der Waals surface area (Å²) in [4.78, 5) is 26.0. The van der Waals surface area contributed by atoms with E-state index in [1.165, 1.54) is 18.2 Å². The summed E-state index contributed by atoms with van der Waals surface area (Å²) in [5.41, 5.74) is -0.210. The maximum Gasteiger partial charge on any atom is 0.311 e. The van der Waals surface area contributed by atoms with Crippen molar-refractivity contribution in [3.05, 3.63) is 60.6 Å². The summed E-state index contributed by atoms with van der Waals surface area (Å²) < 4.78 is 13.4. The van der Waals surface area contributed by atoms with Crippen molar-refractivity contribution < 1.29 is 14.1 Å². The monoisotopic (exact) mass is 421 g/mol. The van der Waals surface area contributed by atoms with Crippen molar-refractivity contribution in [1.29, 1.82) is 0 Å². The van der Waals surface area contributed by atoms with Crippen LogP contribution in [-0.4, -0.2) is 15.8 Å². The highest BCUT2D eigenvalue weighted by Crippen LogP contribution is 2.25. The van der Waals surface area contributed by atoms with Gasteiger partial charge in [0.15, 0.2) is 0 Å². The molecule has 0 saturated carbocycles. The smallest absolute Gasteiger partial charge is 0.301 e. The van der Waals surface area contributed by atoms with Gasteiger partial charge in [0.1, 0.15) is 11.0 Å². The van der Waals surface area contributed by atoms with Gasteiger partial charge in [0.25, 0.3) is 5.91 Å². The third-order valence-electron chi connectivity index (χ3n) is 2.44. The molecular weight excluding hydrogens is 416 g/mol. The summed E-state index contributed by atoms with van der Waals surface area (Å²) >= 11 is 7.46. The van der Waals surface area contributed by atoms with Crippen LogP contribution in [0.15, 0.2) is 30.3 Å². The predicted octanol–water partition coefficient (Wildman–Crippen LogP) is 3.64. The molecule has 0 bridgehead atoms. The van der Waals surface area contributed by atoms with Gasteiger partial charge >= 0.3 is 5.69 Å². The third kappa shape index (κ3) is 3.64. The molecule has 1 N–H and O–H groups in total. The van der Waals surface area contributed by atoms with Crippen LogP contribution in [0.2, 0.25) is 5.15 Å². The first-order chi connectivity index (χ1) is 9.88. The van der Waals surface area contributed by atoms with Gasteiger partial charge in [-0.1, -0.05) is 11.6 Å². The van der Waals surface area contributed by atoms with E-state index < -0.39 is 16.6 Å². The molecule has 1 amide bonds. The van der Waals surface area contributed by atoms with Gasteiger partial charge in [-0.2, -0.15) is 0 Å². The van der Waals surface area contributed by atoms with Gasteiger partial charge in [0.05, 0.1) is 10.5 Å². The largest absolute Gasteiger partial charge is 0.311 e. The van der Waals surface area contributed by atoms with Crippen molar-refractivity contribution in [1.82, 2.24) is 4.98 Å². The molecule has 21 heavy (non-hydrogen) atoms. The van der Waals surface area contributed by atoms with Crippen LogP contribution in [-0.2, 0) is 0 Å². The lowest BCUT2D eigenvalue weighted by atomic mass is 10.2. The number of amides is 1. The maximum absolute atomic E-state index is 13.0. The molecule has 0 atom stereocenters. The highest BCUT2D eigenvalue weighted by atomic mass is 127. The summed E-state index contributed by atoms with van der Waals surface area (Å²) in [5, 5.41) is 13.2. The number of rotatable bonds is 3. The molecule has 0 aliphatic carbocycles. The highest BCUT2D eigenvalue weighted by molar-refractivity contribution is 14.1. The van der Waals surface area contributed by atoms with Gasteiger partial charge in [-0.05, 0) is 46.9 Å². The Hall–Kier alpha value is -1.81. The molecular formula is C12H6ClFIN3O3. The molecule has 0 aliphatic heterocycles. The van der Waals surface area contributed by atoms with E-state index in [0.717, 1.165) is 12.1 Å². The molecule has 2 aromatic rings. The molecule has 0 radical (unpaired) electrons. The van der Waals surface area contributed by atoms with Crippen molar-refractivity contribution in [2.75, 3.05) is 5.32 Å². The first-order valence-electron chi connectivity index (χ1n) is 5.46. The molecule has 0 fully saturated rings. The van der Waals surface area contributed by atoms with E-state index in [-0.39, 0.29) is 22.2 Å². The number of halogens is 3. The maximum atomic E-state index is 13.0. The van der Waals surface area contributed by atoms with Gasteiger partial charge in [-0.25, -0.2) is 9.37 Å². The first kappa shape index (κ1) is 15.6. The molecule has 6 nitrogen and oxygen atoms in total. The van der Waals surface area contributed by atoms with Crippen LogP contribution in [0.4, 0.5) is 15.9 Å². The molecule has 9 heteroatoms. The summed E-state index contributed by atoms with van der Waals surface area (Å²) in [6.07, 6.45) is 0. The van der Waals surface area contributed by atoms with Crippen molar-refractivity contribution >= 4 is 51.6 Å². The Kier molecular flexibility index (Phi) is 4.68. The zero-order valence-electron chi connectivity index (χ0n) is 10.1. The van der Waals surface area contributed by atoms with E-state index in [2.05, 4.69) is 10.3 Å². The number of anilines is 1. The second kappa shape index (κ2) is 6.31. The summed E-state index contributed by atoms with van der Waals surface area (Å²) in [6, 6.07) is 5.96. The van der Waals surface area contributed by atoms with Crippen LogP contribution in [0.25, 0.3) is 0 Å². The minimum Gasteiger partial charge on any atom is -0.301 e. The lowest BCUT2D eigenvalue weighted by molar-refractivity contribution is -0.384. The Morgan fingerprint density at radius 1 is 1.38 bits per heavy atom. The standard InChI is InChI=1S/C12H6ClFIN3O3/c13-10-4-3-9(18(20)21)11(16-10)17-12(19)7-2-1-6(14)5-8(7)15/h1-5H,(H,16,17,19). The van der Waals surface area contributed by atoms with Crippen molar-refractivity contribution in [2.24, 2.45) is 0 Å². The summed E-state index contributed by atoms with van der Waals surface area (Å²) in [7, 11) is 0. The minimum absolute atomic E-state index is 0.00435. The minimum atomic E-state index is -0.686.